The van der Waals surface area contributed by atoms with E-state index >= 15 is 0 Å². The number of benzene rings is 2. The summed E-state index contributed by atoms with van der Waals surface area (Å²) in [6.45, 7) is 0.448. The maximum Gasteiger partial charge on any atom is 0.243 e. The summed E-state index contributed by atoms with van der Waals surface area (Å²) in [7, 11) is -3.73. The first-order valence-electron chi connectivity index (χ1n) is 9.46. The molecule has 2 aliphatic heterocycles. The molecular weight excluding hydrogens is 429 g/mol. The summed E-state index contributed by atoms with van der Waals surface area (Å²) in [5, 5.41) is 5.45. The monoisotopic (exact) mass is 449 g/mol. The number of fused-ring (bicyclic) bond motifs is 1. The standard InChI is InChI=1S/C20H20FN3O4S2/c21-14-1-3-15(4-2-14)22-20(26)13-7-9-24(10-8-13)30(27,28)16-5-6-18-17(11-16)23-19(25)12-29-18/h1-6,11,13H,7-10,12H2,(H,22,26)(H,23,25). The molecule has 0 unspecified atom stereocenters. The highest BCUT2D eigenvalue weighted by Gasteiger charge is 2.32. The van der Waals surface area contributed by atoms with Crippen molar-refractivity contribution < 1.29 is 22.4 Å². The lowest BCUT2D eigenvalue weighted by atomic mass is 9.97. The van der Waals surface area contributed by atoms with Gasteiger partial charge < -0.3 is 10.6 Å². The van der Waals surface area contributed by atoms with Gasteiger partial charge >= 0.3 is 0 Å². The van der Waals surface area contributed by atoms with E-state index in [1.54, 1.807) is 12.1 Å². The van der Waals surface area contributed by atoms with Crippen LogP contribution in [0, 0.1) is 11.7 Å². The van der Waals surface area contributed by atoms with E-state index in [1.807, 2.05) is 0 Å². The van der Waals surface area contributed by atoms with E-state index in [2.05, 4.69) is 10.6 Å². The van der Waals surface area contributed by atoms with Gasteiger partial charge in [-0.15, -0.1) is 11.8 Å². The van der Waals surface area contributed by atoms with Crippen molar-refractivity contribution in [3.05, 3.63) is 48.3 Å². The molecule has 2 heterocycles. The van der Waals surface area contributed by atoms with Gasteiger partial charge in [0.05, 0.1) is 16.3 Å². The summed E-state index contributed by atoms with van der Waals surface area (Å²) in [4.78, 5) is 25.0. The minimum atomic E-state index is -3.73. The lowest BCUT2D eigenvalue weighted by Gasteiger charge is -2.30. The van der Waals surface area contributed by atoms with Gasteiger partial charge in [0.15, 0.2) is 0 Å². The van der Waals surface area contributed by atoms with Gasteiger partial charge in [-0.25, -0.2) is 12.8 Å². The fraction of sp³-hybridized carbons (Fsp3) is 0.300. The molecule has 2 aromatic carbocycles. The third kappa shape index (κ3) is 4.35. The van der Waals surface area contributed by atoms with Gasteiger partial charge in [-0.2, -0.15) is 4.31 Å². The number of hydrogen-bond acceptors (Lipinski definition) is 5. The molecular formula is C20H20FN3O4S2. The lowest BCUT2D eigenvalue weighted by Crippen LogP contribution is -2.41. The summed E-state index contributed by atoms with van der Waals surface area (Å²) in [5.74, 6) is -0.748. The van der Waals surface area contributed by atoms with E-state index in [0.29, 0.717) is 30.0 Å². The largest absolute Gasteiger partial charge is 0.326 e. The van der Waals surface area contributed by atoms with Crippen LogP contribution in [0.2, 0.25) is 0 Å². The number of nitrogens with zero attached hydrogens (tertiary/aromatic N) is 1. The van der Waals surface area contributed by atoms with Crippen molar-refractivity contribution in [3.8, 4) is 0 Å². The Balaban J connectivity index is 1.40. The second-order valence-corrected chi connectivity index (χ2v) is 10.1. The molecule has 7 nitrogen and oxygen atoms in total. The van der Waals surface area contributed by atoms with E-state index in [9.17, 15) is 22.4 Å². The van der Waals surface area contributed by atoms with E-state index < -0.39 is 10.0 Å². The highest BCUT2D eigenvalue weighted by molar-refractivity contribution is 8.00. The molecule has 0 spiro atoms. The molecule has 0 aromatic heterocycles. The Morgan fingerprint density at radius 1 is 1.13 bits per heavy atom. The van der Waals surface area contributed by atoms with E-state index in [1.165, 1.54) is 46.4 Å². The maximum absolute atomic E-state index is 13.0. The van der Waals surface area contributed by atoms with Crippen molar-refractivity contribution in [3.63, 3.8) is 0 Å². The summed E-state index contributed by atoms with van der Waals surface area (Å²) in [6, 6.07) is 10.2. The number of carbonyl (C=O) groups excluding carboxylic acids is 2. The van der Waals surface area contributed by atoms with Crippen LogP contribution in [0.5, 0.6) is 0 Å². The van der Waals surface area contributed by atoms with Crippen molar-refractivity contribution in [2.24, 2.45) is 5.92 Å². The molecule has 1 saturated heterocycles. The fourth-order valence-corrected chi connectivity index (χ4v) is 5.79. The Morgan fingerprint density at radius 3 is 2.53 bits per heavy atom. The van der Waals surface area contributed by atoms with Crippen molar-refractivity contribution in [2.75, 3.05) is 29.5 Å². The minimum Gasteiger partial charge on any atom is -0.326 e. The molecule has 2 amide bonds. The minimum absolute atomic E-state index is 0.123. The second-order valence-electron chi connectivity index (χ2n) is 7.17. The van der Waals surface area contributed by atoms with Crippen LogP contribution in [0.1, 0.15) is 12.8 Å². The Bertz CT molecular complexity index is 1080. The van der Waals surface area contributed by atoms with Gasteiger partial charge in [0.1, 0.15) is 5.82 Å². The molecule has 2 aliphatic rings. The third-order valence-electron chi connectivity index (χ3n) is 5.16. The van der Waals surface area contributed by atoms with Gasteiger partial charge in [-0.05, 0) is 55.3 Å². The summed E-state index contributed by atoms with van der Waals surface area (Å²) in [6.07, 6.45) is 0.785. The van der Waals surface area contributed by atoms with Crippen molar-refractivity contribution >= 4 is 45.0 Å². The topological polar surface area (TPSA) is 95.6 Å². The number of hydrogen-bond donors (Lipinski definition) is 2. The van der Waals surface area contributed by atoms with Gasteiger partial charge in [0, 0.05) is 29.6 Å². The zero-order chi connectivity index (χ0) is 21.3. The predicted octanol–water partition coefficient (Wildman–Crippen LogP) is 2.91. The van der Waals surface area contributed by atoms with Crippen molar-refractivity contribution in [2.45, 2.75) is 22.6 Å². The fourth-order valence-electron chi connectivity index (χ4n) is 3.51. The van der Waals surface area contributed by atoms with E-state index in [0.717, 1.165) is 4.90 Å². The summed E-state index contributed by atoms with van der Waals surface area (Å²) < 4.78 is 40.4. The molecule has 2 aromatic rings. The molecule has 1 fully saturated rings. The average molecular weight is 450 g/mol. The number of halogens is 1. The Hall–Kier alpha value is -2.43. The van der Waals surface area contributed by atoms with Crippen LogP contribution in [-0.2, 0) is 19.6 Å². The summed E-state index contributed by atoms with van der Waals surface area (Å²) >= 11 is 1.37. The van der Waals surface area contributed by atoms with Crippen LogP contribution >= 0.6 is 11.8 Å². The molecule has 0 aliphatic carbocycles. The molecule has 0 radical (unpaired) electrons. The number of rotatable bonds is 4. The number of sulfonamides is 1. The van der Waals surface area contributed by atoms with Crippen LogP contribution in [0.4, 0.5) is 15.8 Å². The highest BCUT2D eigenvalue weighted by Crippen LogP contribution is 2.34. The molecule has 10 heteroatoms. The van der Waals surface area contributed by atoms with Crippen LogP contribution in [-0.4, -0.2) is 43.4 Å². The molecule has 0 bridgehead atoms. The van der Waals surface area contributed by atoms with Gasteiger partial charge in [0.2, 0.25) is 21.8 Å². The Morgan fingerprint density at radius 2 is 1.83 bits per heavy atom. The first-order chi connectivity index (χ1) is 14.3. The third-order valence-corrected chi connectivity index (χ3v) is 8.13. The number of carbonyl (C=O) groups is 2. The van der Waals surface area contributed by atoms with Gasteiger partial charge in [-0.1, -0.05) is 0 Å². The average Bonchev–Trinajstić information content (AvgIpc) is 2.75. The van der Waals surface area contributed by atoms with Crippen molar-refractivity contribution in [1.29, 1.82) is 0 Å². The zero-order valence-electron chi connectivity index (χ0n) is 15.9. The lowest BCUT2D eigenvalue weighted by molar-refractivity contribution is -0.121. The van der Waals surface area contributed by atoms with Crippen LogP contribution in [0.25, 0.3) is 0 Å². The SMILES string of the molecule is O=C1CSc2ccc(S(=O)(=O)N3CCC(C(=O)Nc4ccc(F)cc4)CC3)cc2N1. The molecule has 4 rings (SSSR count). The van der Waals surface area contributed by atoms with Gasteiger partial charge in [0.25, 0.3) is 0 Å². The predicted molar refractivity (Wildman–Crippen MR) is 112 cm³/mol. The first-order valence-corrected chi connectivity index (χ1v) is 11.9. The van der Waals surface area contributed by atoms with E-state index in [4.69, 9.17) is 0 Å². The number of amides is 2. The van der Waals surface area contributed by atoms with Crippen LogP contribution < -0.4 is 10.6 Å². The smallest absolute Gasteiger partial charge is 0.243 e. The van der Waals surface area contributed by atoms with Crippen LogP contribution in [0.15, 0.2) is 52.3 Å². The number of anilines is 2. The normalized spacial score (nSPS) is 17.8. The Labute approximate surface area is 178 Å². The van der Waals surface area contributed by atoms with Crippen molar-refractivity contribution in [1.82, 2.24) is 4.31 Å². The first kappa shape index (κ1) is 20.8. The molecule has 0 saturated carbocycles. The number of nitrogens with one attached hydrogen (secondary N) is 2. The molecule has 0 atom stereocenters. The molecule has 158 valence electrons. The maximum atomic E-state index is 13.0. The Kier molecular flexibility index (Phi) is 5.81. The van der Waals surface area contributed by atoms with Gasteiger partial charge in [-0.3, -0.25) is 9.59 Å². The van der Waals surface area contributed by atoms with Crippen LogP contribution in [0.3, 0.4) is 0 Å². The second kappa shape index (κ2) is 8.37. The summed E-state index contributed by atoms with van der Waals surface area (Å²) in [5.41, 5.74) is 1.01. The molecule has 30 heavy (non-hydrogen) atoms. The number of piperidine rings is 1. The quantitative estimate of drug-likeness (QED) is 0.748. The zero-order valence-corrected chi connectivity index (χ0v) is 17.6. The highest BCUT2D eigenvalue weighted by atomic mass is 32.2. The molecule has 2 N–H and O–H groups in total. The van der Waals surface area contributed by atoms with E-state index in [-0.39, 0.29) is 41.5 Å². The number of thioether (sulfide) groups is 1.